The number of ether oxygens (including phenoxy) is 1. The number of benzene rings is 1. The second kappa shape index (κ2) is 7.38. The molecular weight excluding hydrogens is 306 g/mol. The Kier molecular flexibility index (Phi) is 5.03. The van der Waals surface area contributed by atoms with Crippen molar-refractivity contribution in [3.63, 3.8) is 0 Å². The van der Waals surface area contributed by atoms with Gasteiger partial charge in [-0.25, -0.2) is 9.78 Å². The number of nitrogens with one attached hydrogen (secondary N) is 1. The number of rotatable bonds is 5. The molecule has 6 nitrogen and oxygen atoms in total. The summed E-state index contributed by atoms with van der Waals surface area (Å²) in [4.78, 5) is 17.4. The van der Waals surface area contributed by atoms with Gasteiger partial charge in [-0.15, -0.1) is 0 Å². The van der Waals surface area contributed by atoms with Crippen molar-refractivity contribution in [1.82, 2.24) is 10.3 Å². The Balaban J connectivity index is 1.61. The van der Waals surface area contributed by atoms with Crippen LogP contribution in [0.5, 0.6) is 5.75 Å². The fourth-order valence-corrected chi connectivity index (χ4v) is 3.24. The van der Waals surface area contributed by atoms with Gasteiger partial charge in [0.2, 0.25) is 0 Å². The van der Waals surface area contributed by atoms with Gasteiger partial charge in [-0.2, -0.15) is 0 Å². The van der Waals surface area contributed by atoms with Crippen molar-refractivity contribution >= 4 is 22.7 Å². The topological polar surface area (TPSA) is 74.7 Å². The van der Waals surface area contributed by atoms with Crippen LogP contribution in [0.3, 0.4) is 0 Å². The van der Waals surface area contributed by atoms with E-state index in [-0.39, 0.29) is 0 Å². The van der Waals surface area contributed by atoms with Crippen LogP contribution in [-0.4, -0.2) is 42.9 Å². The Bertz CT molecular complexity index is 712. The molecule has 1 aliphatic heterocycles. The molecule has 2 aromatic rings. The summed E-state index contributed by atoms with van der Waals surface area (Å²) in [5.74, 6) is 2.43. The van der Waals surface area contributed by atoms with Crippen molar-refractivity contribution in [3.8, 4) is 5.75 Å². The van der Waals surface area contributed by atoms with E-state index in [2.05, 4.69) is 21.3 Å². The van der Waals surface area contributed by atoms with E-state index in [1.54, 1.807) is 7.11 Å². The molecule has 1 fully saturated rings. The van der Waals surface area contributed by atoms with E-state index >= 15 is 0 Å². The van der Waals surface area contributed by atoms with Crippen LogP contribution in [0.4, 0.5) is 10.6 Å². The third-order valence-electron chi connectivity index (χ3n) is 4.68. The minimum absolute atomic E-state index is 0.536. The Morgan fingerprint density at radius 2 is 2.12 bits per heavy atom. The molecule has 0 saturated carbocycles. The van der Waals surface area contributed by atoms with Crippen LogP contribution in [0.25, 0.3) is 10.8 Å². The minimum Gasteiger partial charge on any atom is -0.497 e. The van der Waals surface area contributed by atoms with Crippen LogP contribution in [0.1, 0.15) is 19.3 Å². The second-order valence-corrected chi connectivity index (χ2v) is 6.21. The van der Waals surface area contributed by atoms with Crippen molar-refractivity contribution in [1.29, 1.82) is 0 Å². The van der Waals surface area contributed by atoms with Gasteiger partial charge >= 0.3 is 6.09 Å². The normalized spacial score (nSPS) is 15.5. The summed E-state index contributed by atoms with van der Waals surface area (Å²) in [6.07, 6.45) is 4.01. The molecule has 6 heteroatoms. The number of nitrogens with zero attached hydrogens (tertiary/aromatic N) is 2. The first-order valence-corrected chi connectivity index (χ1v) is 8.31. The van der Waals surface area contributed by atoms with E-state index in [9.17, 15) is 4.79 Å². The lowest BCUT2D eigenvalue weighted by Crippen LogP contribution is -2.35. The number of piperidine rings is 1. The van der Waals surface area contributed by atoms with E-state index in [1.165, 1.54) is 0 Å². The third-order valence-corrected chi connectivity index (χ3v) is 4.68. The van der Waals surface area contributed by atoms with Crippen molar-refractivity contribution in [2.24, 2.45) is 5.92 Å². The molecule has 1 aromatic heterocycles. The van der Waals surface area contributed by atoms with Crippen LogP contribution < -0.4 is 15.0 Å². The van der Waals surface area contributed by atoms with Crippen molar-refractivity contribution in [2.75, 3.05) is 31.6 Å². The fraction of sp³-hybridized carbons (Fsp3) is 0.444. The number of amides is 1. The lowest BCUT2D eigenvalue weighted by molar-refractivity contribution is 0.193. The first kappa shape index (κ1) is 16.4. The van der Waals surface area contributed by atoms with Crippen molar-refractivity contribution in [2.45, 2.75) is 19.3 Å². The molecule has 0 atom stereocenters. The van der Waals surface area contributed by atoms with Gasteiger partial charge in [0.15, 0.2) is 0 Å². The Morgan fingerprint density at radius 1 is 1.33 bits per heavy atom. The highest BCUT2D eigenvalue weighted by Gasteiger charge is 2.20. The molecule has 0 spiro atoms. The van der Waals surface area contributed by atoms with Crippen LogP contribution in [0.2, 0.25) is 0 Å². The predicted molar refractivity (Wildman–Crippen MR) is 93.9 cm³/mol. The molecule has 0 aliphatic carbocycles. The zero-order valence-electron chi connectivity index (χ0n) is 13.9. The standard InChI is InChI=1S/C18H23N3O3/c1-24-16-3-2-14-12-20-17(11-15(14)10-16)21-8-5-13(6-9-21)4-7-19-18(22)23/h2-3,10-13,19H,4-9H2,1H3,(H,22,23). The molecule has 2 N–H and O–H groups in total. The Labute approximate surface area is 141 Å². The fourth-order valence-electron chi connectivity index (χ4n) is 3.24. The molecule has 1 aliphatic rings. The number of fused-ring (bicyclic) bond motifs is 1. The zero-order chi connectivity index (χ0) is 16.9. The smallest absolute Gasteiger partial charge is 0.404 e. The summed E-state index contributed by atoms with van der Waals surface area (Å²) in [6.45, 7) is 2.45. The average Bonchev–Trinajstić information content (AvgIpc) is 2.61. The number of hydrogen-bond acceptors (Lipinski definition) is 4. The van der Waals surface area contributed by atoms with Gasteiger partial charge < -0.3 is 20.1 Å². The molecular formula is C18H23N3O3. The molecule has 0 radical (unpaired) electrons. The Morgan fingerprint density at radius 3 is 2.83 bits per heavy atom. The van der Waals surface area contributed by atoms with E-state index in [0.29, 0.717) is 12.5 Å². The van der Waals surface area contributed by atoms with Crippen LogP contribution in [0.15, 0.2) is 30.5 Å². The van der Waals surface area contributed by atoms with Crippen LogP contribution in [0, 0.1) is 5.92 Å². The summed E-state index contributed by atoms with van der Waals surface area (Å²) in [5.41, 5.74) is 0. The summed E-state index contributed by atoms with van der Waals surface area (Å²) in [6, 6.07) is 8.11. The lowest BCUT2D eigenvalue weighted by Gasteiger charge is -2.33. The number of carbonyl (C=O) groups is 1. The molecule has 1 saturated heterocycles. The largest absolute Gasteiger partial charge is 0.497 e. The van der Waals surface area contributed by atoms with Crippen LogP contribution >= 0.6 is 0 Å². The zero-order valence-corrected chi connectivity index (χ0v) is 13.9. The summed E-state index contributed by atoms with van der Waals surface area (Å²) in [7, 11) is 1.67. The van der Waals surface area contributed by atoms with Gasteiger partial charge in [0.1, 0.15) is 11.6 Å². The quantitative estimate of drug-likeness (QED) is 0.881. The van der Waals surface area contributed by atoms with E-state index in [1.807, 2.05) is 24.4 Å². The second-order valence-electron chi connectivity index (χ2n) is 6.21. The number of aromatic nitrogens is 1. The van der Waals surface area contributed by atoms with E-state index in [0.717, 1.165) is 54.7 Å². The molecule has 3 rings (SSSR count). The van der Waals surface area contributed by atoms with Gasteiger partial charge in [0.05, 0.1) is 7.11 Å². The molecule has 2 heterocycles. The maximum absolute atomic E-state index is 10.5. The van der Waals surface area contributed by atoms with Crippen molar-refractivity contribution < 1.29 is 14.6 Å². The summed E-state index contributed by atoms with van der Waals surface area (Å²) < 4.78 is 5.29. The Hall–Kier alpha value is -2.50. The van der Waals surface area contributed by atoms with Crippen molar-refractivity contribution in [3.05, 3.63) is 30.5 Å². The highest BCUT2D eigenvalue weighted by atomic mass is 16.5. The number of anilines is 1. The van der Waals surface area contributed by atoms with E-state index in [4.69, 9.17) is 9.84 Å². The molecule has 0 bridgehead atoms. The SMILES string of the molecule is COc1ccc2cnc(N3CCC(CCNC(=O)O)CC3)cc2c1. The minimum atomic E-state index is -0.941. The summed E-state index contributed by atoms with van der Waals surface area (Å²) >= 11 is 0. The van der Waals surface area contributed by atoms with Gasteiger partial charge in [-0.3, -0.25) is 0 Å². The summed E-state index contributed by atoms with van der Waals surface area (Å²) in [5, 5.41) is 13.3. The van der Waals surface area contributed by atoms with Gasteiger partial charge in [0, 0.05) is 31.2 Å². The monoisotopic (exact) mass is 329 g/mol. The van der Waals surface area contributed by atoms with Gasteiger partial charge in [-0.1, -0.05) is 0 Å². The van der Waals surface area contributed by atoms with Crippen LogP contribution in [-0.2, 0) is 0 Å². The number of hydrogen-bond donors (Lipinski definition) is 2. The third kappa shape index (κ3) is 3.88. The highest BCUT2D eigenvalue weighted by molar-refractivity contribution is 5.85. The highest BCUT2D eigenvalue weighted by Crippen LogP contribution is 2.27. The molecule has 1 amide bonds. The number of methoxy groups -OCH3 is 1. The first-order chi connectivity index (χ1) is 11.7. The van der Waals surface area contributed by atoms with E-state index < -0.39 is 6.09 Å². The molecule has 0 unspecified atom stereocenters. The maximum Gasteiger partial charge on any atom is 0.404 e. The molecule has 128 valence electrons. The first-order valence-electron chi connectivity index (χ1n) is 8.31. The predicted octanol–water partition coefficient (Wildman–Crippen LogP) is 3.12. The lowest BCUT2D eigenvalue weighted by atomic mass is 9.93. The average molecular weight is 329 g/mol. The van der Waals surface area contributed by atoms with Gasteiger partial charge in [0.25, 0.3) is 0 Å². The number of pyridine rings is 1. The maximum atomic E-state index is 10.5. The molecule has 24 heavy (non-hydrogen) atoms. The van der Waals surface area contributed by atoms with Gasteiger partial charge in [-0.05, 0) is 54.8 Å². The number of carboxylic acid groups (broad SMARTS) is 1. The molecule has 1 aromatic carbocycles.